The molecule has 0 saturated carbocycles. The maximum atomic E-state index is 5.09. The third-order valence-electron chi connectivity index (χ3n) is 1.95. The number of rotatable bonds is 2. The van der Waals surface area contributed by atoms with E-state index in [1.54, 1.807) is 25.6 Å². The lowest BCUT2D eigenvalue weighted by Crippen LogP contribution is -2.18. The minimum absolute atomic E-state index is 0.710. The van der Waals surface area contributed by atoms with Gasteiger partial charge in [0.2, 0.25) is 0 Å². The van der Waals surface area contributed by atoms with Gasteiger partial charge in [0.15, 0.2) is 0 Å². The SMILES string of the molecule is COc1ccnc(NC2=NCCN=C2)c1. The molecule has 2 heterocycles. The molecular formula is C10H12N4O. The molecular weight excluding hydrogens is 192 g/mol. The van der Waals surface area contributed by atoms with E-state index in [2.05, 4.69) is 20.3 Å². The van der Waals surface area contributed by atoms with Crippen LogP contribution in [0.15, 0.2) is 28.3 Å². The number of aliphatic imine (C=N–C) groups is 2. The number of ether oxygens (including phenoxy) is 1. The Morgan fingerprint density at radius 1 is 1.40 bits per heavy atom. The lowest BCUT2D eigenvalue weighted by Gasteiger charge is -2.08. The highest BCUT2D eigenvalue weighted by Crippen LogP contribution is 2.13. The fraction of sp³-hybridized carbons (Fsp3) is 0.300. The van der Waals surface area contributed by atoms with Crippen molar-refractivity contribution in [3.63, 3.8) is 0 Å². The summed E-state index contributed by atoms with van der Waals surface area (Å²) in [7, 11) is 1.62. The van der Waals surface area contributed by atoms with Crippen LogP contribution in [-0.2, 0) is 0 Å². The summed E-state index contributed by atoms with van der Waals surface area (Å²) in [6.45, 7) is 1.49. The first-order valence-corrected chi connectivity index (χ1v) is 4.70. The zero-order chi connectivity index (χ0) is 10.5. The lowest BCUT2D eigenvalue weighted by atomic mass is 10.4. The van der Waals surface area contributed by atoms with Crippen LogP contribution >= 0.6 is 0 Å². The molecule has 78 valence electrons. The molecule has 0 spiro atoms. The average molecular weight is 204 g/mol. The van der Waals surface area contributed by atoms with E-state index < -0.39 is 0 Å². The Kier molecular flexibility index (Phi) is 2.92. The number of nitrogens with one attached hydrogen (secondary N) is 1. The fourth-order valence-electron chi connectivity index (χ4n) is 1.23. The van der Waals surface area contributed by atoms with Crippen molar-refractivity contribution in [3.8, 4) is 5.75 Å². The third-order valence-corrected chi connectivity index (χ3v) is 1.95. The van der Waals surface area contributed by atoms with Crippen LogP contribution in [0.2, 0.25) is 0 Å². The van der Waals surface area contributed by atoms with E-state index in [1.807, 2.05) is 6.07 Å². The molecule has 2 rings (SSSR count). The van der Waals surface area contributed by atoms with Crippen LogP contribution in [0.25, 0.3) is 0 Å². The van der Waals surface area contributed by atoms with Crippen LogP contribution in [-0.4, -0.2) is 37.2 Å². The quantitative estimate of drug-likeness (QED) is 0.781. The first kappa shape index (κ1) is 9.64. The van der Waals surface area contributed by atoms with Gasteiger partial charge in [-0.1, -0.05) is 0 Å². The van der Waals surface area contributed by atoms with Crippen molar-refractivity contribution in [2.24, 2.45) is 9.98 Å². The van der Waals surface area contributed by atoms with Crippen molar-refractivity contribution in [1.29, 1.82) is 0 Å². The van der Waals surface area contributed by atoms with Crippen molar-refractivity contribution in [2.45, 2.75) is 0 Å². The van der Waals surface area contributed by atoms with Crippen molar-refractivity contribution in [2.75, 3.05) is 25.5 Å². The molecule has 0 unspecified atom stereocenters. The summed E-state index contributed by atoms with van der Waals surface area (Å²) in [4.78, 5) is 12.5. The second-order valence-corrected chi connectivity index (χ2v) is 3.01. The molecule has 1 N–H and O–H groups in total. The van der Waals surface area contributed by atoms with E-state index >= 15 is 0 Å². The van der Waals surface area contributed by atoms with Crippen LogP contribution in [0.4, 0.5) is 5.82 Å². The summed E-state index contributed by atoms with van der Waals surface area (Å²) >= 11 is 0. The highest BCUT2D eigenvalue weighted by molar-refractivity contribution is 6.34. The van der Waals surface area contributed by atoms with Crippen molar-refractivity contribution >= 4 is 17.9 Å². The molecule has 0 aromatic carbocycles. The predicted octanol–water partition coefficient (Wildman–Crippen LogP) is 0.985. The van der Waals surface area contributed by atoms with Crippen LogP contribution < -0.4 is 10.1 Å². The number of amidine groups is 1. The first-order valence-electron chi connectivity index (χ1n) is 4.70. The van der Waals surface area contributed by atoms with E-state index in [9.17, 15) is 0 Å². The Morgan fingerprint density at radius 2 is 2.33 bits per heavy atom. The number of methoxy groups -OCH3 is 1. The standard InChI is InChI=1S/C10H12N4O/c1-15-8-2-3-12-9(6-8)14-10-7-11-4-5-13-10/h2-3,6-7H,4-5H2,1H3,(H,12,13,14). The summed E-state index contributed by atoms with van der Waals surface area (Å²) in [5.74, 6) is 2.21. The minimum atomic E-state index is 0.710. The van der Waals surface area contributed by atoms with Gasteiger partial charge in [0.1, 0.15) is 17.4 Å². The molecule has 0 aliphatic carbocycles. The molecule has 1 aliphatic rings. The zero-order valence-corrected chi connectivity index (χ0v) is 8.47. The molecule has 15 heavy (non-hydrogen) atoms. The Labute approximate surface area is 87.9 Å². The smallest absolute Gasteiger partial charge is 0.144 e. The van der Waals surface area contributed by atoms with Gasteiger partial charge < -0.3 is 10.1 Å². The first-order chi connectivity index (χ1) is 7.38. The molecule has 0 amide bonds. The normalized spacial score (nSPS) is 14.6. The maximum Gasteiger partial charge on any atom is 0.144 e. The Balaban J connectivity index is 2.10. The van der Waals surface area contributed by atoms with Crippen LogP contribution in [0.1, 0.15) is 0 Å². The van der Waals surface area contributed by atoms with Gasteiger partial charge in [0, 0.05) is 12.3 Å². The summed E-state index contributed by atoms with van der Waals surface area (Å²) in [5.41, 5.74) is 0. The van der Waals surface area contributed by atoms with Crippen molar-refractivity contribution in [3.05, 3.63) is 18.3 Å². The van der Waals surface area contributed by atoms with Crippen LogP contribution in [0.5, 0.6) is 5.75 Å². The molecule has 0 fully saturated rings. The molecule has 1 aromatic heterocycles. The summed E-state index contributed by atoms with van der Waals surface area (Å²) in [5, 5.41) is 3.07. The molecule has 0 bridgehead atoms. The largest absolute Gasteiger partial charge is 0.497 e. The van der Waals surface area contributed by atoms with E-state index in [4.69, 9.17) is 4.74 Å². The molecule has 1 aromatic rings. The maximum absolute atomic E-state index is 5.09. The second kappa shape index (κ2) is 4.54. The van der Waals surface area contributed by atoms with Gasteiger partial charge in [-0.25, -0.2) is 4.98 Å². The highest BCUT2D eigenvalue weighted by Gasteiger charge is 2.02. The molecule has 0 saturated heterocycles. The van der Waals surface area contributed by atoms with Crippen LogP contribution in [0, 0.1) is 0 Å². The summed E-state index contributed by atoms with van der Waals surface area (Å²) < 4.78 is 5.09. The van der Waals surface area contributed by atoms with Crippen molar-refractivity contribution in [1.82, 2.24) is 4.98 Å². The molecule has 5 heteroatoms. The monoisotopic (exact) mass is 204 g/mol. The summed E-state index contributed by atoms with van der Waals surface area (Å²) in [6, 6.07) is 3.60. The van der Waals surface area contributed by atoms with Crippen LogP contribution in [0.3, 0.4) is 0 Å². The van der Waals surface area contributed by atoms with E-state index in [-0.39, 0.29) is 0 Å². The van der Waals surface area contributed by atoms with E-state index in [1.165, 1.54) is 0 Å². The highest BCUT2D eigenvalue weighted by atomic mass is 16.5. The van der Waals surface area contributed by atoms with E-state index in [0.717, 1.165) is 24.7 Å². The number of hydrogen-bond donors (Lipinski definition) is 1. The number of pyridine rings is 1. The van der Waals surface area contributed by atoms with Gasteiger partial charge in [-0.2, -0.15) is 0 Å². The predicted molar refractivity (Wildman–Crippen MR) is 60.1 cm³/mol. The molecule has 0 atom stereocenters. The fourth-order valence-corrected chi connectivity index (χ4v) is 1.23. The number of hydrogen-bond acceptors (Lipinski definition) is 5. The lowest BCUT2D eigenvalue weighted by molar-refractivity contribution is 0.414. The Hall–Kier alpha value is -1.91. The minimum Gasteiger partial charge on any atom is -0.497 e. The zero-order valence-electron chi connectivity index (χ0n) is 8.47. The van der Waals surface area contributed by atoms with Gasteiger partial charge in [-0.15, -0.1) is 0 Å². The van der Waals surface area contributed by atoms with Gasteiger partial charge in [-0.05, 0) is 6.07 Å². The Bertz CT molecular complexity index is 400. The van der Waals surface area contributed by atoms with Gasteiger partial charge in [-0.3, -0.25) is 9.98 Å². The summed E-state index contributed by atoms with van der Waals surface area (Å²) in [6.07, 6.45) is 3.40. The molecule has 1 aliphatic heterocycles. The average Bonchev–Trinajstić information content (AvgIpc) is 2.31. The topological polar surface area (TPSA) is 58.9 Å². The number of anilines is 1. The molecule has 5 nitrogen and oxygen atoms in total. The number of nitrogens with zero attached hydrogens (tertiary/aromatic N) is 3. The van der Waals surface area contributed by atoms with Gasteiger partial charge >= 0.3 is 0 Å². The Morgan fingerprint density at radius 3 is 3.07 bits per heavy atom. The third kappa shape index (κ3) is 2.52. The number of aromatic nitrogens is 1. The molecule has 0 radical (unpaired) electrons. The van der Waals surface area contributed by atoms with Crippen molar-refractivity contribution < 1.29 is 4.74 Å². The van der Waals surface area contributed by atoms with E-state index in [0.29, 0.717) is 5.82 Å². The van der Waals surface area contributed by atoms with Gasteiger partial charge in [0.05, 0.1) is 26.4 Å². The second-order valence-electron chi connectivity index (χ2n) is 3.01. The van der Waals surface area contributed by atoms with Gasteiger partial charge in [0.25, 0.3) is 0 Å².